The average molecular weight is 243 g/mol. The van der Waals surface area contributed by atoms with Crippen molar-refractivity contribution in [1.82, 2.24) is 0 Å². The van der Waals surface area contributed by atoms with Gasteiger partial charge in [-0.15, -0.1) is 0 Å². The highest BCUT2D eigenvalue weighted by Crippen LogP contribution is 2.29. The molecule has 0 aliphatic carbocycles. The van der Waals surface area contributed by atoms with Gasteiger partial charge in [-0.25, -0.2) is 4.79 Å². The van der Waals surface area contributed by atoms with Gasteiger partial charge in [0.15, 0.2) is 0 Å². The first kappa shape index (κ1) is 12.0. The van der Waals surface area contributed by atoms with Gasteiger partial charge < -0.3 is 15.6 Å². The molecule has 3 N–H and O–H groups in total. The number of hydrogen-bond donors (Lipinski definition) is 2. The molecule has 2 aromatic carbocycles. The third-order valence-electron chi connectivity index (χ3n) is 2.71. The molecule has 0 unspecified atom stereocenters. The molecule has 4 nitrogen and oxygen atoms in total. The number of anilines is 1. The zero-order valence-corrected chi connectivity index (χ0v) is 9.88. The first-order valence-corrected chi connectivity index (χ1v) is 5.39. The van der Waals surface area contributed by atoms with Crippen molar-refractivity contribution in [2.45, 2.75) is 0 Å². The van der Waals surface area contributed by atoms with Crippen molar-refractivity contribution in [3.63, 3.8) is 0 Å². The summed E-state index contributed by atoms with van der Waals surface area (Å²) in [4.78, 5) is 11.2. The van der Waals surface area contributed by atoms with Crippen LogP contribution in [0.1, 0.15) is 10.4 Å². The fourth-order valence-electron chi connectivity index (χ4n) is 1.82. The molecule has 0 saturated carbocycles. The second kappa shape index (κ2) is 4.79. The van der Waals surface area contributed by atoms with Gasteiger partial charge in [0.05, 0.1) is 12.7 Å². The van der Waals surface area contributed by atoms with Gasteiger partial charge >= 0.3 is 5.97 Å². The van der Waals surface area contributed by atoms with Crippen molar-refractivity contribution in [1.29, 1.82) is 0 Å². The molecule has 0 saturated heterocycles. The second-order valence-corrected chi connectivity index (χ2v) is 3.80. The predicted octanol–water partition coefficient (Wildman–Crippen LogP) is 2.64. The van der Waals surface area contributed by atoms with E-state index in [4.69, 9.17) is 10.5 Å². The van der Waals surface area contributed by atoms with Crippen LogP contribution < -0.4 is 10.5 Å². The Morgan fingerprint density at radius 2 is 1.83 bits per heavy atom. The summed E-state index contributed by atoms with van der Waals surface area (Å²) in [6.07, 6.45) is 0. The molecule has 2 aromatic rings. The van der Waals surface area contributed by atoms with E-state index >= 15 is 0 Å². The summed E-state index contributed by atoms with van der Waals surface area (Å²) in [5.74, 6) is -0.307. The van der Waals surface area contributed by atoms with Crippen LogP contribution in [-0.4, -0.2) is 18.2 Å². The molecule has 0 aromatic heterocycles. The SMILES string of the molecule is COc1ccc(-c2cccc(N)c2C(=O)O)cc1. The number of aromatic carboxylic acids is 1. The lowest BCUT2D eigenvalue weighted by molar-refractivity contribution is 0.0699. The van der Waals surface area contributed by atoms with Crippen molar-refractivity contribution < 1.29 is 14.6 Å². The Morgan fingerprint density at radius 1 is 1.17 bits per heavy atom. The van der Waals surface area contributed by atoms with Crippen LogP contribution in [0.5, 0.6) is 5.75 Å². The van der Waals surface area contributed by atoms with E-state index in [1.54, 1.807) is 49.6 Å². The van der Waals surface area contributed by atoms with Crippen LogP contribution in [0.4, 0.5) is 5.69 Å². The summed E-state index contributed by atoms with van der Waals surface area (Å²) >= 11 is 0. The van der Waals surface area contributed by atoms with Gasteiger partial charge in [0.2, 0.25) is 0 Å². The highest BCUT2D eigenvalue weighted by atomic mass is 16.5. The van der Waals surface area contributed by atoms with Gasteiger partial charge in [0, 0.05) is 5.69 Å². The molecule has 0 atom stereocenters. The van der Waals surface area contributed by atoms with Gasteiger partial charge in [-0.05, 0) is 29.3 Å². The van der Waals surface area contributed by atoms with Gasteiger partial charge in [-0.2, -0.15) is 0 Å². The number of ether oxygens (including phenoxy) is 1. The van der Waals surface area contributed by atoms with Crippen LogP contribution in [-0.2, 0) is 0 Å². The summed E-state index contributed by atoms with van der Waals surface area (Å²) in [5, 5.41) is 9.20. The van der Waals surface area contributed by atoms with E-state index in [1.165, 1.54) is 0 Å². The minimum absolute atomic E-state index is 0.127. The Hall–Kier alpha value is -2.49. The molecule has 0 bridgehead atoms. The molecule has 92 valence electrons. The number of carboxylic acids is 1. The fraction of sp³-hybridized carbons (Fsp3) is 0.0714. The van der Waals surface area contributed by atoms with Crippen LogP contribution in [0, 0.1) is 0 Å². The standard InChI is InChI=1S/C14H13NO3/c1-18-10-7-5-9(6-8-10)11-3-2-4-12(15)13(11)14(16)17/h2-8H,15H2,1H3,(H,16,17). The maximum atomic E-state index is 11.2. The van der Waals surface area contributed by atoms with E-state index in [0.29, 0.717) is 5.56 Å². The quantitative estimate of drug-likeness (QED) is 0.813. The van der Waals surface area contributed by atoms with Crippen molar-refractivity contribution in [2.75, 3.05) is 12.8 Å². The Bertz CT molecular complexity index is 576. The number of methoxy groups -OCH3 is 1. The highest BCUT2D eigenvalue weighted by molar-refractivity contribution is 6.01. The van der Waals surface area contributed by atoms with Gasteiger partial charge in [-0.1, -0.05) is 24.3 Å². The van der Waals surface area contributed by atoms with Crippen LogP contribution in [0.25, 0.3) is 11.1 Å². The predicted molar refractivity (Wildman–Crippen MR) is 69.8 cm³/mol. The lowest BCUT2D eigenvalue weighted by Crippen LogP contribution is -2.04. The van der Waals surface area contributed by atoms with Crippen LogP contribution in [0.15, 0.2) is 42.5 Å². The molecule has 18 heavy (non-hydrogen) atoms. The molecular weight excluding hydrogens is 230 g/mol. The van der Waals surface area contributed by atoms with E-state index in [0.717, 1.165) is 11.3 Å². The summed E-state index contributed by atoms with van der Waals surface area (Å²) in [7, 11) is 1.58. The average Bonchev–Trinajstić information content (AvgIpc) is 2.38. The second-order valence-electron chi connectivity index (χ2n) is 3.80. The Balaban J connectivity index is 2.56. The zero-order chi connectivity index (χ0) is 13.1. The molecule has 0 spiro atoms. The van der Waals surface area contributed by atoms with E-state index in [1.807, 2.05) is 0 Å². The van der Waals surface area contributed by atoms with Crippen molar-refractivity contribution >= 4 is 11.7 Å². The largest absolute Gasteiger partial charge is 0.497 e. The third-order valence-corrected chi connectivity index (χ3v) is 2.71. The van der Waals surface area contributed by atoms with Crippen LogP contribution in [0.2, 0.25) is 0 Å². The minimum Gasteiger partial charge on any atom is -0.497 e. The number of nitrogen functional groups attached to an aromatic ring is 1. The lowest BCUT2D eigenvalue weighted by Gasteiger charge is -2.09. The summed E-state index contributed by atoms with van der Waals surface area (Å²) in [5.41, 5.74) is 7.49. The number of benzene rings is 2. The molecule has 0 aliphatic heterocycles. The van der Waals surface area contributed by atoms with Crippen molar-refractivity contribution in [2.24, 2.45) is 0 Å². The first-order valence-electron chi connectivity index (χ1n) is 5.39. The molecular formula is C14H13NO3. The number of carbonyl (C=O) groups is 1. The van der Waals surface area contributed by atoms with Crippen molar-refractivity contribution in [3.8, 4) is 16.9 Å². The van der Waals surface area contributed by atoms with E-state index in [-0.39, 0.29) is 11.3 Å². The number of carboxylic acid groups (broad SMARTS) is 1. The molecule has 0 heterocycles. The molecule has 0 aliphatic rings. The minimum atomic E-state index is -1.03. The monoisotopic (exact) mass is 243 g/mol. The smallest absolute Gasteiger partial charge is 0.338 e. The van der Waals surface area contributed by atoms with E-state index in [9.17, 15) is 9.90 Å². The topological polar surface area (TPSA) is 72.5 Å². The maximum Gasteiger partial charge on any atom is 0.338 e. The van der Waals surface area contributed by atoms with E-state index < -0.39 is 5.97 Å². The highest BCUT2D eigenvalue weighted by Gasteiger charge is 2.14. The van der Waals surface area contributed by atoms with Crippen LogP contribution in [0.3, 0.4) is 0 Å². The fourth-order valence-corrected chi connectivity index (χ4v) is 1.82. The third kappa shape index (κ3) is 2.13. The van der Waals surface area contributed by atoms with Gasteiger partial charge in [0.25, 0.3) is 0 Å². The van der Waals surface area contributed by atoms with Gasteiger partial charge in [0.1, 0.15) is 5.75 Å². The van der Waals surface area contributed by atoms with E-state index in [2.05, 4.69) is 0 Å². The maximum absolute atomic E-state index is 11.2. The molecule has 2 rings (SSSR count). The molecule has 0 fully saturated rings. The normalized spacial score (nSPS) is 10.1. The number of rotatable bonds is 3. The molecule has 4 heteroatoms. The number of nitrogens with two attached hydrogens (primary N) is 1. The molecule has 0 radical (unpaired) electrons. The van der Waals surface area contributed by atoms with Gasteiger partial charge in [-0.3, -0.25) is 0 Å². The van der Waals surface area contributed by atoms with Crippen LogP contribution >= 0.6 is 0 Å². The summed E-state index contributed by atoms with van der Waals surface area (Å²) in [6.45, 7) is 0. The summed E-state index contributed by atoms with van der Waals surface area (Å²) < 4.78 is 5.07. The lowest BCUT2D eigenvalue weighted by atomic mass is 9.98. The Morgan fingerprint density at radius 3 is 2.39 bits per heavy atom. The summed E-state index contributed by atoms with van der Waals surface area (Å²) in [6, 6.07) is 12.2. The Labute approximate surface area is 105 Å². The zero-order valence-electron chi connectivity index (χ0n) is 9.88. The number of hydrogen-bond acceptors (Lipinski definition) is 3. The van der Waals surface area contributed by atoms with Crippen molar-refractivity contribution in [3.05, 3.63) is 48.0 Å². The molecule has 0 amide bonds. The first-order chi connectivity index (χ1) is 8.63. The Kier molecular flexibility index (Phi) is 3.19.